The molecule has 0 aromatic carbocycles. The van der Waals surface area contributed by atoms with Gasteiger partial charge < -0.3 is 15.7 Å². The van der Waals surface area contributed by atoms with Crippen molar-refractivity contribution < 1.29 is 14.7 Å². The zero-order chi connectivity index (χ0) is 14.1. The first kappa shape index (κ1) is 14.5. The van der Waals surface area contributed by atoms with Crippen molar-refractivity contribution in [1.29, 1.82) is 0 Å². The SMILES string of the molecule is C#CCCCNC(=O)NCCn1cc(C(=O)O)nn1. The molecule has 8 heteroatoms. The van der Waals surface area contributed by atoms with E-state index in [1.54, 1.807) is 0 Å². The Kier molecular flexibility index (Phi) is 5.88. The van der Waals surface area contributed by atoms with Crippen LogP contribution in [0.5, 0.6) is 0 Å². The van der Waals surface area contributed by atoms with Gasteiger partial charge in [-0.1, -0.05) is 5.21 Å². The van der Waals surface area contributed by atoms with Crippen LogP contribution in [0, 0.1) is 12.3 Å². The van der Waals surface area contributed by atoms with E-state index < -0.39 is 5.97 Å². The normalized spacial score (nSPS) is 9.63. The Hall–Kier alpha value is -2.56. The Morgan fingerprint density at radius 3 is 2.79 bits per heavy atom. The van der Waals surface area contributed by atoms with Crippen molar-refractivity contribution in [3.63, 3.8) is 0 Å². The molecule has 0 unspecified atom stereocenters. The Balaban J connectivity index is 2.17. The maximum absolute atomic E-state index is 11.3. The van der Waals surface area contributed by atoms with Crippen LogP contribution in [0.2, 0.25) is 0 Å². The molecule has 0 aliphatic carbocycles. The van der Waals surface area contributed by atoms with Gasteiger partial charge in [-0.3, -0.25) is 0 Å². The Morgan fingerprint density at radius 2 is 2.16 bits per heavy atom. The number of aromatic carboxylic acids is 1. The highest BCUT2D eigenvalue weighted by Gasteiger charge is 2.07. The molecule has 3 N–H and O–H groups in total. The summed E-state index contributed by atoms with van der Waals surface area (Å²) in [5, 5.41) is 21.0. The number of terminal acetylenes is 1. The predicted octanol–water partition coefficient (Wildman–Crippen LogP) is -0.311. The lowest BCUT2D eigenvalue weighted by Gasteiger charge is -2.06. The first-order valence-electron chi connectivity index (χ1n) is 5.72. The molecule has 1 rings (SSSR count). The molecule has 0 fully saturated rings. The van der Waals surface area contributed by atoms with Crippen LogP contribution in [0.25, 0.3) is 0 Å². The summed E-state index contributed by atoms with van der Waals surface area (Å²) in [6.45, 7) is 1.18. The van der Waals surface area contributed by atoms with Crippen LogP contribution in [-0.4, -0.2) is 45.2 Å². The van der Waals surface area contributed by atoms with Crippen LogP contribution in [0.15, 0.2) is 6.20 Å². The van der Waals surface area contributed by atoms with Gasteiger partial charge in [0, 0.05) is 19.5 Å². The van der Waals surface area contributed by atoms with Gasteiger partial charge in [0.25, 0.3) is 0 Å². The van der Waals surface area contributed by atoms with Crippen molar-refractivity contribution in [2.75, 3.05) is 13.1 Å². The molecule has 0 saturated heterocycles. The van der Waals surface area contributed by atoms with Crippen molar-refractivity contribution in [3.8, 4) is 12.3 Å². The second kappa shape index (κ2) is 7.71. The molecule has 8 nitrogen and oxygen atoms in total. The molecular formula is C11H15N5O3. The average molecular weight is 265 g/mol. The maximum atomic E-state index is 11.3. The molecule has 0 atom stereocenters. The van der Waals surface area contributed by atoms with Gasteiger partial charge in [-0.2, -0.15) is 0 Å². The van der Waals surface area contributed by atoms with Crippen molar-refractivity contribution in [2.24, 2.45) is 0 Å². The number of urea groups is 1. The fraction of sp³-hybridized carbons (Fsp3) is 0.455. The monoisotopic (exact) mass is 265 g/mol. The number of rotatable bonds is 7. The van der Waals surface area contributed by atoms with E-state index >= 15 is 0 Å². The fourth-order valence-electron chi connectivity index (χ4n) is 1.24. The Labute approximate surface area is 110 Å². The summed E-state index contributed by atoms with van der Waals surface area (Å²) in [4.78, 5) is 21.9. The minimum Gasteiger partial charge on any atom is -0.476 e. The lowest BCUT2D eigenvalue weighted by atomic mass is 10.3. The molecule has 2 amide bonds. The molecule has 1 aromatic rings. The van der Waals surface area contributed by atoms with Gasteiger partial charge in [-0.25, -0.2) is 14.3 Å². The Bertz CT molecular complexity index is 477. The summed E-state index contributed by atoms with van der Waals surface area (Å²) in [5.74, 6) is 1.35. The van der Waals surface area contributed by atoms with Crippen LogP contribution < -0.4 is 10.6 Å². The highest BCUT2D eigenvalue weighted by molar-refractivity contribution is 5.84. The largest absolute Gasteiger partial charge is 0.476 e. The summed E-state index contributed by atoms with van der Waals surface area (Å²) in [6, 6.07) is -0.296. The second-order valence-corrected chi connectivity index (χ2v) is 3.66. The molecule has 1 heterocycles. The van der Waals surface area contributed by atoms with E-state index in [1.807, 2.05) is 0 Å². The number of nitrogens with one attached hydrogen (secondary N) is 2. The molecule has 0 radical (unpaired) electrons. The molecule has 0 spiro atoms. The van der Waals surface area contributed by atoms with Crippen LogP contribution >= 0.6 is 0 Å². The summed E-state index contributed by atoms with van der Waals surface area (Å²) < 4.78 is 1.35. The van der Waals surface area contributed by atoms with E-state index in [1.165, 1.54) is 10.9 Å². The minimum atomic E-state index is -1.13. The quantitative estimate of drug-likeness (QED) is 0.463. The van der Waals surface area contributed by atoms with E-state index in [9.17, 15) is 9.59 Å². The van der Waals surface area contributed by atoms with Gasteiger partial charge in [0.2, 0.25) is 0 Å². The lowest BCUT2D eigenvalue weighted by molar-refractivity contribution is 0.0690. The third kappa shape index (κ3) is 5.54. The Morgan fingerprint density at radius 1 is 1.42 bits per heavy atom. The third-order valence-corrected chi connectivity index (χ3v) is 2.17. The van der Waals surface area contributed by atoms with Crippen LogP contribution in [0.1, 0.15) is 23.3 Å². The number of carbonyl (C=O) groups excluding carboxylic acids is 1. The summed E-state index contributed by atoms with van der Waals surface area (Å²) in [7, 11) is 0. The molecule has 0 aliphatic heterocycles. The molecule has 0 aliphatic rings. The van der Waals surface area contributed by atoms with E-state index in [4.69, 9.17) is 11.5 Å². The van der Waals surface area contributed by atoms with E-state index in [2.05, 4.69) is 26.9 Å². The fourth-order valence-corrected chi connectivity index (χ4v) is 1.24. The lowest BCUT2D eigenvalue weighted by Crippen LogP contribution is -2.37. The average Bonchev–Trinajstić information content (AvgIpc) is 2.84. The van der Waals surface area contributed by atoms with Crippen molar-refractivity contribution in [3.05, 3.63) is 11.9 Å². The van der Waals surface area contributed by atoms with E-state index in [0.29, 0.717) is 26.1 Å². The van der Waals surface area contributed by atoms with Crippen LogP contribution in [0.4, 0.5) is 4.79 Å². The number of nitrogens with zero attached hydrogens (tertiary/aromatic N) is 3. The third-order valence-electron chi connectivity index (χ3n) is 2.17. The van der Waals surface area contributed by atoms with Gasteiger partial charge in [0.15, 0.2) is 5.69 Å². The number of carbonyl (C=O) groups is 2. The number of carboxylic acid groups (broad SMARTS) is 1. The molecule has 102 valence electrons. The van der Waals surface area contributed by atoms with Crippen molar-refractivity contribution >= 4 is 12.0 Å². The summed E-state index contributed by atoms with van der Waals surface area (Å²) in [5.41, 5.74) is -0.126. The van der Waals surface area contributed by atoms with Gasteiger partial charge in [-0.05, 0) is 6.42 Å². The van der Waals surface area contributed by atoms with Gasteiger partial charge in [0.05, 0.1) is 12.7 Å². The number of amides is 2. The number of aromatic nitrogens is 3. The van der Waals surface area contributed by atoms with E-state index in [-0.39, 0.29) is 11.7 Å². The smallest absolute Gasteiger partial charge is 0.358 e. The number of hydrogen-bond donors (Lipinski definition) is 3. The highest BCUT2D eigenvalue weighted by atomic mass is 16.4. The first-order valence-corrected chi connectivity index (χ1v) is 5.72. The molecule has 0 saturated carbocycles. The van der Waals surface area contributed by atoms with E-state index in [0.717, 1.165) is 6.42 Å². The highest BCUT2D eigenvalue weighted by Crippen LogP contribution is 1.91. The maximum Gasteiger partial charge on any atom is 0.358 e. The summed E-state index contributed by atoms with van der Waals surface area (Å²) >= 11 is 0. The first-order chi connectivity index (χ1) is 9.13. The topological polar surface area (TPSA) is 109 Å². The predicted molar refractivity (Wildman–Crippen MR) is 66.4 cm³/mol. The molecule has 1 aromatic heterocycles. The number of hydrogen-bond acceptors (Lipinski definition) is 4. The standard InChI is InChI=1S/C11H15N5O3/c1-2-3-4-5-12-11(19)13-6-7-16-8-9(10(17)18)14-15-16/h1,8H,3-7H2,(H,17,18)(H2,12,13,19). The van der Waals surface area contributed by atoms with Crippen molar-refractivity contribution in [1.82, 2.24) is 25.6 Å². The van der Waals surface area contributed by atoms with Crippen molar-refractivity contribution in [2.45, 2.75) is 19.4 Å². The summed E-state index contributed by atoms with van der Waals surface area (Å²) in [6.07, 6.45) is 7.73. The van der Waals surface area contributed by atoms with Gasteiger partial charge in [-0.15, -0.1) is 17.4 Å². The molecular weight excluding hydrogens is 250 g/mol. The molecule has 19 heavy (non-hydrogen) atoms. The zero-order valence-electron chi connectivity index (χ0n) is 10.3. The minimum absolute atomic E-state index is 0.126. The second-order valence-electron chi connectivity index (χ2n) is 3.66. The van der Waals surface area contributed by atoms with Gasteiger partial charge >= 0.3 is 12.0 Å². The number of unbranched alkanes of at least 4 members (excludes halogenated alkanes) is 1. The number of carboxylic acids is 1. The van der Waals surface area contributed by atoms with Crippen LogP contribution in [0.3, 0.4) is 0 Å². The molecule has 0 bridgehead atoms. The van der Waals surface area contributed by atoms with Crippen LogP contribution in [-0.2, 0) is 6.54 Å². The zero-order valence-corrected chi connectivity index (χ0v) is 10.3. The van der Waals surface area contributed by atoms with Gasteiger partial charge in [0.1, 0.15) is 0 Å².